The molecule has 0 fully saturated rings. The molecule has 0 radical (unpaired) electrons. The van der Waals surface area contributed by atoms with Crippen LogP contribution in [0.25, 0.3) is 0 Å². The van der Waals surface area contributed by atoms with E-state index in [1.807, 2.05) is 44.2 Å². The van der Waals surface area contributed by atoms with Gasteiger partial charge >= 0.3 is 0 Å². The van der Waals surface area contributed by atoms with Gasteiger partial charge in [-0.1, -0.05) is 28.1 Å². The number of hydrogen-bond donors (Lipinski definition) is 3. The molecule has 1 unspecified atom stereocenters. The molecule has 4 nitrogen and oxygen atoms in total. The van der Waals surface area contributed by atoms with Crippen molar-refractivity contribution in [2.45, 2.75) is 19.9 Å². The Hall–Kier alpha value is -1.85. The fraction of sp³-hybridized carbons (Fsp3) is 0.188. The van der Waals surface area contributed by atoms with Crippen molar-refractivity contribution in [1.29, 1.82) is 0 Å². The largest absolute Gasteiger partial charge is 0.346 e. The molecule has 1 amide bonds. The van der Waals surface area contributed by atoms with E-state index in [1.165, 1.54) is 0 Å². The molecule has 5 heteroatoms. The molecule has 0 aliphatic rings. The van der Waals surface area contributed by atoms with Crippen LogP contribution in [0.15, 0.2) is 46.9 Å². The lowest BCUT2D eigenvalue weighted by Crippen LogP contribution is -2.27. The molecule has 4 N–H and O–H groups in total. The van der Waals surface area contributed by atoms with Crippen molar-refractivity contribution < 1.29 is 4.79 Å². The first-order valence-corrected chi connectivity index (χ1v) is 7.44. The molecule has 2 rings (SSSR count). The minimum absolute atomic E-state index is 0.0580. The predicted molar refractivity (Wildman–Crippen MR) is 89.0 cm³/mol. The molecule has 0 aromatic heterocycles. The number of rotatable bonds is 4. The van der Waals surface area contributed by atoms with Gasteiger partial charge in [0.15, 0.2) is 0 Å². The molecule has 0 heterocycles. The Kier molecular flexibility index (Phi) is 4.98. The van der Waals surface area contributed by atoms with Crippen LogP contribution in [0, 0.1) is 6.92 Å². The van der Waals surface area contributed by atoms with Gasteiger partial charge in [-0.25, -0.2) is 0 Å². The zero-order chi connectivity index (χ0) is 15.4. The Balaban J connectivity index is 2.12. The van der Waals surface area contributed by atoms with Crippen molar-refractivity contribution in [3.63, 3.8) is 0 Å². The predicted octanol–water partition coefficient (Wildman–Crippen LogP) is 3.53. The third-order valence-electron chi connectivity index (χ3n) is 3.36. The zero-order valence-corrected chi connectivity index (χ0v) is 13.6. The SMILES string of the molecule is Cc1cc(NN)ccc1C(=O)NC(C)c1ccc(Br)cc1. The van der Waals surface area contributed by atoms with E-state index in [1.54, 1.807) is 12.1 Å². The molecule has 0 aliphatic carbocycles. The molecule has 0 spiro atoms. The number of nitrogen functional groups attached to an aromatic ring is 1. The topological polar surface area (TPSA) is 67.1 Å². The summed E-state index contributed by atoms with van der Waals surface area (Å²) in [4.78, 5) is 12.3. The van der Waals surface area contributed by atoms with Crippen LogP contribution in [-0.2, 0) is 0 Å². The standard InChI is InChI=1S/C16H18BrN3O/c1-10-9-14(20-18)7-8-15(10)16(21)19-11(2)12-3-5-13(17)6-4-12/h3-9,11,20H,18H2,1-2H3,(H,19,21). The number of carbonyl (C=O) groups is 1. The van der Waals surface area contributed by atoms with Crippen LogP contribution >= 0.6 is 15.9 Å². The summed E-state index contributed by atoms with van der Waals surface area (Å²) in [5, 5.41) is 3.00. The first-order chi connectivity index (χ1) is 10.0. The highest BCUT2D eigenvalue weighted by Crippen LogP contribution is 2.19. The summed E-state index contributed by atoms with van der Waals surface area (Å²) in [7, 11) is 0. The summed E-state index contributed by atoms with van der Waals surface area (Å²) in [6.07, 6.45) is 0. The molecule has 110 valence electrons. The van der Waals surface area contributed by atoms with E-state index in [0.717, 1.165) is 21.3 Å². The van der Waals surface area contributed by atoms with Gasteiger partial charge in [0, 0.05) is 15.7 Å². The lowest BCUT2D eigenvalue weighted by atomic mass is 10.1. The lowest BCUT2D eigenvalue weighted by Gasteiger charge is -2.16. The van der Waals surface area contributed by atoms with Crippen LogP contribution < -0.4 is 16.6 Å². The first kappa shape index (κ1) is 15.5. The number of carbonyl (C=O) groups excluding carboxylic acids is 1. The van der Waals surface area contributed by atoms with E-state index in [2.05, 4.69) is 26.7 Å². The minimum atomic E-state index is -0.0912. The van der Waals surface area contributed by atoms with Crippen LogP contribution in [0.2, 0.25) is 0 Å². The van der Waals surface area contributed by atoms with Gasteiger partial charge < -0.3 is 10.7 Å². The molecule has 2 aromatic carbocycles. The summed E-state index contributed by atoms with van der Waals surface area (Å²) >= 11 is 3.40. The van der Waals surface area contributed by atoms with Gasteiger partial charge in [-0.2, -0.15) is 0 Å². The van der Waals surface area contributed by atoms with Gasteiger partial charge in [0.2, 0.25) is 0 Å². The minimum Gasteiger partial charge on any atom is -0.346 e. The molecule has 21 heavy (non-hydrogen) atoms. The number of nitrogens with two attached hydrogens (primary N) is 1. The number of aryl methyl sites for hydroxylation is 1. The number of halogens is 1. The highest BCUT2D eigenvalue weighted by molar-refractivity contribution is 9.10. The Morgan fingerprint density at radius 1 is 1.19 bits per heavy atom. The molecule has 2 aromatic rings. The summed E-state index contributed by atoms with van der Waals surface area (Å²) in [5.74, 6) is 5.27. The summed E-state index contributed by atoms with van der Waals surface area (Å²) in [5.41, 5.74) is 5.94. The fourth-order valence-electron chi connectivity index (χ4n) is 2.12. The smallest absolute Gasteiger partial charge is 0.252 e. The molecule has 1 atom stereocenters. The molecular weight excluding hydrogens is 330 g/mol. The fourth-order valence-corrected chi connectivity index (χ4v) is 2.38. The second-order valence-corrected chi connectivity index (χ2v) is 5.84. The van der Waals surface area contributed by atoms with Gasteiger partial charge in [-0.3, -0.25) is 10.6 Å². The van der Waals surface area contributed by atoms with Crippen molar-refractivity contribution in [2.75, 3.05) is 5.43 Å². The number of amides is 1. The molecule has 0 saturated carbocycles. The number of hydrogen-bond acceptors (Lipinski definition) is 3. The average molecular weight is 348 g/mol. The maximum atomic E-state index is 12.3. The van der Waals surface area contributed by atoms with Crippen molar-refractivity contribution in [1.82, 2.24) is 5.32 Å². The molecule has 0 aliphatic heterocycles. The third-order valence-corrected chi connectivity index (χ3v) is 3.88. The number of benzene rings is 2. The van der Waals surface area contributed by atoms with Gasteiger partial charge in [0.05, 0.1) is 6.04 Å². The van der Waals surface area contributed by atoms with Crippen molar-refractivity contribution in [3.8, 4) is 0 Å². The highest BCUT2D eigenvalue weighted by Gasteiger charge is 2.13. The van der Waals surface area contributed by atoms with E-state index < -0.39 is 0 Å². The van der Waals surface area contributed by atoms with Crippen LogP contribution in [0.3, 0.4) is 0 Å². The van der Waals surface area contributed by atoms with Gasteiger partial charge in [0.1, 0.15) is 0 Å². The van der Waals surface area contributed by atoms with E-state index in [-0.39, 0.29) is 11.9 Å². The Morgan fingerprint density at radius 2 is 1.86 bits per heavy atom. The zero-order valence-electron chi connectivity index (χ0n) is 12.0. The van der Waals surface area contributed by atoms with Gasteiger partial charge in [-0.15, -0.1) is 0 Å². The summed E-state index contributed by atoms with van der Waals surface area (Å²) in [6, 6.07) is 13.2. The van der Waals surface area contributed by atoms with Crippen molar-refractivity contribution in [3.05, 3.63) is 63.6 Å². The second kappa shape index (κ2) is 6.74. The Morgan fingerprint density at radius 3 is 2.43 bits per heavy atom. The summed E-state index contributed by atoms with van der Waals surface area (Å²) < 4.78 is 1.02. The van der Waals surface area contributed by atoms with Gasteiger partial charge in [-0.05, 0) is 55.3 Å². The van der Waals surface area contributed by atoms with Crippen LogP contribution in [0.5, 0.6) is 0 Å². The number of anilines is 1. The van der Waals surface area contributed by atoms with Crippen LogP contribution in [-0.4, -0.2) is 5.91 Å². The normalized spacial score (nSPS) is 11.8. The van der Waals surface area contributed by atoms with Crippen LogP contribution in [0.1, 0.15) is 34.5 Å². The van der Waals surface area contributed by atoms with Crippen molar-refractivity contribution >= 4 is 27.5 Å². The average Bonchev–Trinajstić information content (AvgIpc) is 2.47. The monoisotopic (exact) mass is 347 g/mol. The van der Waals surface area contributed by atoms with E-state index >= 15 is 0 Å². The van der Waals surface area contributed by atoms with E-state index in [0.29, 0.717) is 5.56 Å². The summed E-state index contributed by atoms with van der Waals surface area (Å²) in [6.45, 7) is 3.85. The Labute approximate surface area is 132 Å². The molecule has 0 bridgehead atoms. The number of nitrogens with one attached hydrogen (secondary N) is 2. The number of hydrazine groups is 1. The second-order valence-electron chi connectivity index (χ2n) is 4.92. The molecule has 0 saturated heterocycles. The lowest BCUT2D eigenvalue weighted by molar-refractivity contribution is 0.0939. The van der Waals surface area contributed by atoms with E-state index in [4.69, 9.17) is 5.84 Å². The van der Waals surface area contributed by atoms with Crippen LogP contribution in [0.4, 0.5) is 5.69 Å². The van der Waals surface area contributed by atoms with Crippen molar-refractivity contribution in [2.24, 2.45) is 5.84 Å². The maximum absolute atomic E-state index is 12.3. The Bertz CT molecular complexity index is 640. The molecular formula is C16H18BrN3O. The first-order valence-electron chi connectivity index (χ1n) is 6.65. The van der Waals surface area contributed by atoms with Gasteiger partial charge in [0.25, 0.3) is 5.91 Å². The third kappa shape index (κ3) is 3.83. The maximum Gasteiger partial charge on any atom is 0.252 e. The quantitative estimate of drug-likeness (QED) is 0.585. The highest BCUT2D eigenvalue weighted by atomic mass is 79.9. The van der Waals surface area contributed by atoms with E-state index in [9.17, 15) is 4.79 Å².